The number of aliphatic hydroxyl groups is 1. The average molecular weight is 693 g/mol. The van der Waals surface area contributed by atoms with Crippen LogP contribution in [0.2, 0.25) is 0 Å². The lowest BCUT2D eigenvalue weighted by Gasteiger charge is -2.35. The molecule has 3 amide bonds. The van der Waals surface area contributed by atoms with Crippen LogP contribution in [0.4, 0.5) is 4.79 Å². The van der Waals surface area contributed by atoms with Crippen molar-refractivity contribution in [3.05, 3.63) is 95.8 Å². The third kappa shape index (κ3) is 10.6. The zero-order chi connectivity index (χ0) is 35.4. The first kappa shape index (κ1) is 37.5. The van der Waals surface area contributed by atoms with Crippen molar-refractivity contribution in [2.45, 2.75) is 75.6 Å². The third-order valence-electron chi connectivity index (χ3n) is 9.18. The second kappa shape index (κ2) is 17.9. The van der Waals surface area contributed by atoms with Gasteiger partial charge in [0, 0.05) is 39.1 Å². The number of oxime groups is 1. The largest absolute Gasteiger partial charge is 0.411 e. The average Bonchev–Trinajstić information content (AvgIpc) is 3.08. The number of pyridine rings is 1. The summed E-state index contributed by atoms with van der Waals surface area (Å²) in [7, 11) is -2.38. The van der Waals surface area contributed by atoms with Crippen LogP contribution in [0.25, 0.3) is 0 Å². The normalized spacial score (nSPS) is 16.0. The van der Waals surface area contributed by atoms with E-state index in [2.05, 4.69) is 20.8 Å². The van der Waals surface area contributed by atoms with Gasteiger partial charge < -0.3 is 25.8 Å². The SMILES string of the molecule is CC[C@H](C)[C@H](NC(=O)N(C)Cc1ccncc1)C(=O)N[C@@H](Cc1ccccc1)[C@@H](O)CN(CC1CCC1)S(=O)(=O)c1ccc(C=NO)cc1. The van der Waals surface area contributed by atoms with Crippen molar-refractivity contribution in [1.29, 1.82) is 0 Å². The molecule has 0 spiro atoms. The number of nitrogens with zero attached hydrogens (tertiary/aromatic N) is 4. The van der Waals surface area contributed by atoms with E-state index in [0.717, 1.165) is 30.4 Å². The van der Waals surface area contributed by atoms with Gasteiger partial charge in [0.1, 0.15) is 6.04 Å². The summed E-state index contributed by atoms with van der Waals surface area (Å²) in [5.41, 5.74) is 2.27. The number of sulfonamides is 1. The Hall–Kier alpha value is -4.33. The molecule has 4 rings (SSSR count). The van der Waals surface area contributed by atoms with Gasteiger partial charge in [-0.25, -0.2) is 13.2 Å². The van der Waals surface area contributed by atoms with Crippen molar-refractivity contribution in [3.8, 4) is 0 Å². The minimum atomic E-state index is -4.03. The molecule has 0 unspecified atom stereocenters. The van der Waals surface area contributed by atoms with E-state index in [1.54, 1.807) is 31.6 Å². The van der Waals surface area contributed by atoms with Crippen molar-refractivity contribution < 1.29 is 28.3 Å². The molecule has 1 heterocycles. The predicted molar refractivity (Wildman–Crippen MR) is 187 cm³/mol. The number of hydrogen-bond donors (Lipinski definition) is 4. The Morgan fingerprint density at radius 3 is 2.29 bits per heavy atom. The molecule has 4 N–H and O–H groups in total. The van der Waals surface area contributed by atoms with E-state index in [0.29, 0.717) is 18.5 Å². The molecule has 13 heteroatoms. The number of rotatable bonds is 17. The van der Waals surface area contributed by atoms with Crippen molar-refractivity contribution in [2.24, 2.45) is 17.0 Å². The maximum atomic E-state index is 14.0. The molecule has 1 aliphatic carbocycles. The topological polar surface area (TPSA) is 165 Å². The van der Waals surface area contributed by atoms with Crippen LogP contribution < -0.4 is 10.6 Å². The first-order valence-corrected chi connectivity index (χ1v) is 18.2. The van der Waals surface area contributed by atoms with Crippen molar-refractivity contribution in [1.82, 2.24) is 24.8 Å². The van der Waals surface area contributed by atoms with E-state index in [1.165, 1.54) is 27.6 Å². The molecule has 3 aromatic rings. The Balaban J connectivity index is 1.56. The standard InChI is InChI=1S/C36H48N6O6S/c1-4-26(2)34(40-36(45)41(3)23-30-17-19-37-20-18-30)35(44)39-32(21-27-9-6-5-7-10-27)33(43)25-42(24-29-11-8-12-29)49(47,48)31-15-13-28(14-16-31)22-38-46/h5-7,9-10,13-20,22,26,29,32-34,43,46H,4,8,11-12,21,23-25H2,1-3H3,(H,39,44)(H,40,45)/t26-,32-,33-,34-/m0/s1. The van der Waals surface area contributed by atoms with Crippen LogP contribution in [0.15, 0.2) is 89.2 Å². The minimum Gasteiger partial charge on any atom is -0.411 e. The summed E-state index contributed by atoms with van der Waals surface area (Å²) in [4.78, 5) is 32.8. The molecule has 0 aliphatic heterocycles. The highest BCUT2D eigenvalue weighted by Crippen LogP contribution is 2.30. The van der Waals surface area contributed by atoms with E-state index < -0.39 is 40.1 Å². The van der Waals surface area contributed by atoms with Gasteiger partial charge in [-0.15, -0.1) is 0 Å². The Bertz CT molecular complexity index is 1620. The first-order valence-electron chi connectivity index (χ1n) is 16.7. The summed E-state index contributed by atoms with van der Waals surface area (Å²) in [6.07, 6.45) is 6.88. The van der Waals surface area contributed by atoms with Gasteiger partial charge >= 0.3 is 6.03 Å². The van der Waals surface area contributed by atoms with Gasteiger partial charge in [-0.3, -0.25) is 9.78 Å². The second-order valence-electron chi connectivity index (χ2n) is 12.8. The monoisotopic (exact) mass is 692 g/mol. The molecule has 0 radical (unpaired) electrons. The molecule has 1 aliphatic rings. The lowest BCUT2D eigenvalue weighted by atomic mass is 9.85. The third-order valence-corrected chi connectivity index (χ3v) is 11.0. The van der Waals surface area contributed by atoms with Crippen LogP contribution in [0, 0.1) is 11.8 Å². The molecule has 2 aromatic carbocycles. The lowest BCUT2D eigenvalue weighted by molar-refractivity contribution is -0.125. The van der Waals surface area contributed by atoms with Crippen LogP contribution in [0.3, 0.4) is 0 Å². The van der Waals surface area contributed by atoms with Crippen LogP contribution >= 0.6 is 0 Å². The van der Waals surface area contributed by atoms with Gasteiger partial charge in [-0.2, -0.15) is 4.31 Å². The Labute approximate surface area is 289 Å². The number of aliphatic hydroxyl groups excluding tert-OH is 1. The molecule has 49 heavy (non-hydrogen) atoms. The van der Waals surface area contributed by atoms with Crippen molar-refractivity contribution in [2.75, 3.05) is 20.1 Å². The van der Waals surface area contributed by atoms with Gasteiger partial charge in [-0.1, -0.05) is 74.3 Å². The minimum absolute atomic E-state index is 0.0493. The number of hydrogen-bond acceptors (Lipinski definition) is 8. The van der Waals surface area contributed by atoms with Crippen LogP contribution in [-0.4, -0.2) is 89.4 Å². The van der Waals surface area contributed by atoms with Crippen molar-refractivity contribution >= 4 is 28.2 Å². The van der Waals surface area contributed by atoms with E-state index in [9.17, 15) is 23.1 Å². The predicted octanol–water partition coefficient (Wildman–Crippen LogP) is 4.03. The molecule has 1 saturated carbocycles. The molecule has 0 saturated heterocycles. The highest BCUT2D eigenvalue weighted by Gasteiger charge is 2.35. The molecule has 0 bridgehead atoms. The van der Waals surface area contributed by atoms with Crippen molar-refractivity contribution in [3.63, 3.8) is 0 Å². The summed E-state index contributed by atoms with van der Waals surface area (Å²) in [6.45, 7) is 4.12. The number of amides is 3. The Morgan fingerprint density at radius 1 is 1.02 bits per heavy atom. The van der Waals surface area contributed by atoms with E-state index in [-0.39, 0.29) is 36.2 Å². The molecular weight excluding hydrogens is 644 g/mol. The number of aromatic nitrogens is 1. The highest BCUT2D eigenvalue weighted by molar-refractivity contribution is 7.89. The zero-order valence-corrected chi connectivity index (χ0v) is 29.2. The van der Waals surface area contributed by atoms with Gasteiger partial charge in [0.05, 0.1) is 23.3 Å². The molecule has 12 nitrogen and oxygen atoms in total. The second-order valence-corrected chi connectivity index (χ2v) is 14.8. The molecule has 1 fully saturated rings. The van der Waals surface area contributed by atoms with Crippen LogP contribution in [-0.2, 0) is 27.8 Å². The van der Waals surface area contributed by atoms with Crippen LogP contribution in [0.1, 0.15) is 56.2 Å². The van der Waals surface area contributed by atoms with E-state index >= 15 is 0 Å². The molecule has 4 atom stereocenters. The van der Waals surface area contributed by atoms with Gasteiger partial charge in [0.2, 0.25) is 15.9 Å². The summed E-state index contributed by atoms with van der Waals surface area (Å²) >= 11 is 0. The van der Waals surface area contributed by atoms with Crippen LogP contribution in [0.5, 0.6) is 0 Å². The maximum absolute atomic E-state index is 14.0. The quantitative estimate of drug-likeness (QED) is 0.0943. The number of carbonyl (C=O) groups is 2. The van der Waals surface area contributed by atoms with E-state index in [1.807, 2.05) is 56.3 Å². The fourth-order valence-corrected chi connectivity index (χ4v) is 7.25. The smallest absolute Gasteiger partial charge is 0.318 e. The van der Waals surface area contributed by atoms with Gasteiger partial charge in [0.25, 0.3) is 0 Å². The molecule has 1 aromatic heterocycles. The summed E-state index contributed by atoms with van der Waals surface area (Å²) in [5, 5.41) is 29.5. The summed E-state index contributed by atoms with van der Waals surface area (Å²) < 4.78 is 29.2. The number of carbonyl (C=O) groups excluding carboxylic acids is 2. The van der Waals surface area contributed by atoms with E-state index in [4.69, 9.17) is 5.21 Å². The lowest BCUT2D eigenvalue weighted by Crippen LogP contribution is -2.58. The number of benzene rings is 2. The molecule has 264 valence electrons. The maximum Gasteiger partial charge on any atom is 0.318 e. The summed E-state index contributed by atoms with van der Waals surface area (Å²) in [5.74, 6) is -0.532. The summed E-state index contributed by atoms with van der Waals surface area (Å²) in [6, 6.07) is 16.8. The van der Waals surface area contributed by atoms with Gasteiger partial charge in [-0.05, 0) is 72.1 Å². The highest BCUT2D eigenvalue weighted by atomic mass is 32.2. The first-order chi connectivity index (χ1) is 23.5. The van der Waals surface area contributed by atoms with Gasteiger partial charge in [0.15, 0.2) is 0 Å². The Morgan fingerprint density at radius 2 is 1.69 bits per heavy atom. The fraction of sp³-hybridized carbons (Fsp3) is 0.444. The zero-order valence-electron chi connectivity index (χ0n) is 28.4. The number of nitrogens with one attached hydrogen (secondary N) is 2. The Kier molecular flexibility index (Phi) is 13.7. The number of urea groups is 1. The molecular formula is C36H48N6O6S. The fourth-order valence-electron chi connectivity index (χ4n) is 5.71.